The quantitative estimate of drug-likeness (QED) is 0.741. The molecule has 0 bridgehead atoms. The Morgan fingerprint density at radius 2 is 2.19 bits per heavy atom. The van der Waals surface area contributed by atoms with Crippen LogP contribution in [-0.2, 0) is 13.0 Å². The maximum absolute atomic E-state index is 13.3. The number of aromatic nitrogens is 2. The molecule has 0 aromatic carbocycles. The van der Waals surface area contributed by atoms with Crippen LogP contribution in [0.15, 0.2) is 41.1 Å². The predicted molar refractivity (Wildman–Crippen MR) is 101 cm³/mol. The summed E-state index contributed by atoms with van der Waals surface area (Å²) < 4.78 is 14.7. The lowest BCUT2D eigenvalue weighted by Crippen LogP contribution is -2.27. The van der Waals surface area contributed by atoms with Crippen molar-refractivity contribution in [1.29, 1.82) is 0 Å². The molecule has 2 aromatic heterocycles. The molecule has 2 N–H and O–H groups in total. The lowest BCUT2D eigenvalue weighted by molar-refractivity contribution is 0.173. The van der Waals surface area contributed by atoms with Gasteiger partial charge in [-0.15, -0.1) is 0 Å². The standard InChI is InChI=1S/C20H25FN2O3/c1-4-7-16(21)9-6-5-8-15-10-17-18(22-11-15)19(25)14(3)20(26)23(17)12-13(2)24/h6-7,9-11,13,24-25H,4-5,8,12H2,1-3H3/b9-6-,16-7+. The zero-order valence-electron chi connectivity index (χ0n) is 15.4. The number of aliphatic hydroxyl groups excluding tert-OH is 1. The molecule has 2 rings (SSSR count). The molecule has 0 fully saturated rings. The van der Waals surface area contributed by atoms with E-state index >= 15 is 0 Å². The first-order valence-corrected chi connectivity index (χ1v) is 8.76. The van der Waals surface area contributed by atoms with Gasteiger partial charge in [-0.3, -0.25) is 9.78 Å². The van der Waals surface area contributed by atoms with Gasteiger partial charge in [0.1, 0.15) is 11.3 Å². The molecule has 1 unspecified atom stereocenters. The highest BCUT2D eigenvalue weighted by atomic mass is 19.1. The fourth-order valence-corrected chi connectivity index (χ4v) is 2.76. The molecule has 0 saturated heterocycles. The van der Waals surface area contributed by atoms with E-state index in [-0.39, 0.29) is 29.2 Å². The van der Waals surface area contributed by atoms with E-state index in [0.29, 0.717) is 30.3 Å². The minimum Gasteiger partial charge on any atom is -0.505 e. The number of hydrogen-bond acceptors (Lipinski definition) is 4. The number of pyridine rings is 2. The van der Waals surface area contributed by atoms with Crippen LogP contribution in [0.5, 0.6) is 5.75 Å². The molecule has 5 nitrogen and oxygen atoms in total. The highest BCUT2D eigenvalue weighted by Gasteiger charge is 2.15. The molecule has 2 heterocycles. The van der Waals surface area contributed by atoms with Crippen LogP contribution in [0.2, 0.25) is 0 Å². The maximum atomic E-state index is 13.3. The van der Waals surface area contributed by atoms with E-state index in [0.717, 1.165) is 5.56 Å². The van der Waals surface area contributed by atoms with E-state index in [2.05, 4.69) is 4.98 Å². The van der Waals surface area contributed by atoms with Crippen molar-refractivity contribution in [2.45, 2.75) is 52.7 Å². The Morgan fingerprint density at radius 3 is 2.85 bits per heavy atom. The molecule has 6 heteroatoms. The lowest BCUT2D eigenvalue weighted by Gasteiger charge is -2.15. The average Bonchev–Trinajstić information content (AvgIpc) is 2.60. The number of halogens is 1. The van der Waals surface area contributed by atoms with Gasteiger partial charge < -0.3 is 14.8 Å². The van der Waals surface area contributed by atoms with E-state index in [1.165, 1.54) is 23.6 Å². The molecule has 0 amide bonds. The number of rotatable bonds is 7. The van der Waals surface area contributed by atoms with Gasteiger partial charge in [-0.1, -0.05) is 13.0 Å². The van der Waals surface area contributed by atoms with Crippen molar-refractivity contribution in [3.63, 3.8) is 0 Å². The minimum absolute atomic E-state index is 0.120. The van der Waals surface area contributed by atoms with Crippen LogP contribution in [0.3, 0.4) is 0 Å². The second kappa shape index (κ2) is 8.76. The summed E-state index contributed by atoms with van der Waals surface area (Å²) in [6.07, 6.45) is 7.53. The molecule has 2 aromatic rings. The van der Waals surface area contributed by atoms with Crippen LogP contribution in [-0.4, -0.2) is 25.9 Å². The monoisotopic (exact) mass is 360 g/mol. The molecule has 0 aliphatic rings. The SMILES string of the molecule is CC/C=C(F)\C=C/CCc1cnc2c(O)c(C)c(=O)n(CC(C)O)c2c1. The number of hydrogen-bond donors (Lipinski definition) is 2. The molecule has 0 aliphatic carbocycles. The van der Waals surface area contributed by atoms with E-state index in [9.17, 15) is 19.4 Å². The Kier molecular flexibility index (Phi) is 6.69. The predicted octanol–water partition coefficient (Wildman–Crippen LogP) is 3.54. The van der Waals surface area contributed by atoms with Crippen LogP contribution < -0.4 is 5.56 Å². The van der Waals surface area contributed by atoms with Crippen molar-refractivity contribution in [3.05, 3.63) is 57.8 Å². The summed E-state index contributed by atoms with van der Waals surface area (Å²) in [7, 11) is 0. The number of allylic oxidation sites excluding steroid dienone is 4. The van der Waals surface area contributed by atoms with Crippen LogP contribution >= 0.6 is 0 Å². The lowest BCUT2D eigenvalue weighted by atomic mass is 10.1. The first-order chi connectivity index (χ1) is 12.3. The summed E-state index contributed by atoms with van der Waals surface area (Å²) in [4.78, 5) is 16.7. The van der Waals surface area contributed by atoms with Crippen molar-refractivity contribution in [2.24, 2.45) is 0 Å². The molecule has 0 aliphatic heterocycles. The Morgan fingerprint density at radius 1 is 1.46 bits per heavy atom. The number of fused-ring (bicyclic) bond motifs is 1. The van der Waals surface area contributed by atoms with E-state index < -0.39 is 6.10 Å². The summed E-state index contributed by atoms with van der Waals surface area (Å²) in [5.74, 6) is -0.389. The first kappa shape index (κ1) is 19.8. The zero-order valence-corrected chi connectivity index (χ0v) is 15.4. The number of aryl methyl sites for hydroxylation is 1. The van der Waals surface area contributed by atoms with Crippen molar-refractivity contribution in [3.8, 4) is 5.75 Å². The fraction of sp³-hybridized carbons (Fsp3) is 0.400. The van der Waals surface area contributed by atoms with Gasteiger partial charge in [0.05, 0.1) is 23.7 Å². The van der Waals surface area contributed by atoms with Gasteiger partial charge in [0.15, 0.2) is 5.75 Å². The molecule has 1 atom stereocenters. The van der Waals surface area contributed by atoms with Gasteiger partial charge in [-0.2, -0.15) is 0 Å². The second-order valence-electron chi connectivity index (χ2n) is 6.39. The van der Waals surface area contributed by atoms with Gasteiger partial charge in [0.2, 0.25) is 0 Å². The summed E-state index contributed by atoms with van der Waals surface area (Å²) in [6.45, 7) is 5.13. The summed E-state index contributed by atoms with van der Waals surface area (Å²) >= 11 is 0. The minimum atomic E-state index is -0.709. The van der Waals surface area contributed by atoms with Crippen LogP contribution in [0.4, 0.5) is 4.39 Å². The van der Waals surface area contributed by atoms with Gasteiger partial charge in [-0.25, -0.2) is 4.39 Å². The topological polar surface area (TPSA) is 75.4 Å². The van der Waals surface area contributed by atoms with Gasteiger partial charge >= 0.3 is 0 Å². The number of nitrogens with zero attached hydrogens (tertiary/aromatic N) is 2. The molecule has 26 heavy (non-hydrogen) atoms. The maximum Gasteiger partial charge on any atom is 0.257 e. The third-order valence-corrected chi connectivity index (χ3v) is 4.08. The highest BCUT2D eigenvalue weighted by Crippen LogP contribution is 2.25. The van der Waals surface area contributed by atoms with E-state index in [4.69, 9.17) is 0 Å². The second-order valence-corrected chi connectivity index (χ2v) is 6.39. The third-order valence-electron chi connectivity index (χ3n) is 4.08. The summed E-state index contributed by atoms with van der Waals surface area (Å²) in [6, 6.07) is 1.79. The van der Waals surface area contributed by atoms with E-state index in [1.807, 2.05) is 6.92 Å². The average molecular weight is 360 g/mol. The largest absolute Gasteiger partial charge is 0.505 e. The normalized spacial score (nSPS) is 13.7. The Hall–Kier alpha value is -2.47. The Labute approximate surface area is 152 Å². The van der Waals surface area contributed by atoms with Crippen LogP contribution in [0.1, 0.15) is 37.8 Å². The number of aliphatic hydroxyl groups is 1. The smallest absolute Gasteiger partial charge is 0.257 e. The summed E-state index contributed by atoms with van der Waals surface area (Å²) in [5, 5.41) is 19.9. The van der Waals surface area contributed by atoms with Gasteiger partial charge in [0.25, 0.3) is 5.56 Å². The Bertz CT molecular complexity index is 898. The molecule has 0 spiro atoms. The summed E-state index contributed by atoms with van der Waals surface area (Å²) in [5.41, 5.74) is 1.54. The van der Waals surface area contributed by atoms with Gasteiger partial charge in [0, 0.05) is 6.20 Å². The van der Waals surface area contributed by atoms with E-state index in [1.54, 1.807) is 25.3 Å². The van der Waals surface area contributed by atoms with Gasteiger partial charge in [-0.05, 0) is 56.9 Å². The third kappa shape index (κ3) is 4.58. The van der Waals surface area contributed by atoms with Crippen molar-refractivity contribution in [2.75, 3.05) is 0 Å². The molecule has 0 radical (unpaired) electrons. The highest BCUT2D eigenvalue weighted by molar-refractivity contribution is 5.82. The van der Waals surface area contributed by atoms with Crippen molar-refractivity contribution < 1.29 is 14.6 Å². The molecule has 0 saturated carbocycles. The Balaban J connectivity index is 2.35. The van der Waals surface area contributed by atoms with Crippen molar-refractivity contribution in [1.82, 2.24) is 9.55 Å². The van der Waals surface area contributed by atoms with Crippen LogP contribution in [0, 0.1) is 6.92 Å². The first-order valence-electron chi connectivity index (χ1n) is 8.76. The fourth-order valence-electron chi connectivity index (χ4n) is 2.76. The number of aromatic hydroxyl groups is 1. The van der Waals surface area contributed by atoms with Crippen molar-refractivity contribution >= 4 is 11.0 Å². The zero-order chi connectivity index (χ0) is 19.3. The van der Waals surface area contributed by atoms with Crippen LogP contribution in [0.25, 0.3) is 11.0 Å². The molecular formula is C20H25FN2O3. The molecular weight excluding hydrogens is 335 g/mol. The molecule has 140 valence electrons.